The molecule has 1 aliphatic rings. The summed E-state index contributed by atoms with van der Waals surface area (Å²) < 4.78 is 0. The van der Waals surface area contributed by atoms with E-state index in [1.165, 1.54) is 0 Å². The van der Waals surface area contributed by atoms with E-state index in [0.717, 1.165) is 5.69 Å². The highest BCUT2D eigenvalue weighted by atomic mass is 16.4. The quantitative estimate of drug-likeness (QED) is 0.789. The highest BCUT2D eigenvalue weighted by Crippen LogP contribution is 2.32. The lowest BCUT2D eigenvalue weighted by atomic mass is 10.0. The summed E-state index contributed by atoms with van der Waals surface area (Å²) in [4.78, 5) is 17.2. The smallest absolute Gasteiger partial charge is 0.307 e. The van der Waals surface area contributed by atoms with Crippen LogP contribution in [0.2, 0.25) is 0 Å². The third-order valence-electron chi connectivity index (χ3n) is 2.93. The average Bonchev–Trinajstić information content (AvgIpc) is 2.62. The van der Waals surface area contributed by atoms with Gasteiger partial charge in [-0.05, 0) is 25.6 Å². The van der Waals surface area contributed by atoms with E-state index in [9.17, 15) is 4.79 Å². The molecule has 1 aromatic heterocycles. The van der Waals surface area contributed by atoms with E-state index < -0.39 is 5.97 Å². The summed E-state index contributed by atoms with van der Waals surface area (Å²) in [6, 6.07) is 5.90. The summed E-state index contributed by atoms with van der Waals surface area (Å²) in [5.41, 5.74) is 0.962. The molecule has 0 spiro atoms. The van der Waals surface area contributed by atoms with E-state index in [0.29, 0.717) is 13.0 Å². The Balaban J connectivity index is 2.15. The minimum atomic E-state index is -0.708. The topological polar surface area (TPSA) is 53.4 Å². The van der Waals surface area contributed by atoms with Gasteiger partial charge in [-0.1, -0.05) is 6.07 Å². The third-order valence-corrected chi connectivity index (χ3v) is 2.93. The maximum atomic E-state index is 10.9. The van der Waals surface area contributed by atoms with Crippen LogP contribution in [0.25, 0.3) is 0 Å². The highest BCUT2D eigenvalue weighted by Gasteiger charge is 2.35. The first-order chi connectivity index (χ1) is 7.18. The lowest BCUT2D eigenvalue weighted by Gasteiger charge is -2.17. The fourth-order valence-electron chi connectivity index (χ4n) is 2.10. The zero-order valence-electron chi connectivity index (χ0n) is 8.63. The van der Waals surface area contributed by atoms with Crippen LogP contribution in [0.5, 0.6) is 0 Å². The van der Waals surface area contributed by atoms with Crippen molar-refractivity contribution in [2.24, 2.45) is 5.92 Å². The molecule has 15 heavy (non-hydrogen) atoms. The van der Waals surface area contributed by atoms with Crippen molar-refractivity contribution in [3.63, 3.8) is 0 Å². The molecule has 1 fully saturated rings. The van der Waals surface area contributed by atoms with Crippen molar-refractivity contribution in [1.82, 2.24) is 9.88 Å². The van der Waals surface area contributed by atoms with E-state index in [1.54, 1.807) is 6.20 Å². The van der Waals surface area contributed by atoms with Crippen molar-refractivity contribution in [2.75, 3.05) is 13.6 Å². The number of aliphatic carboxylic acids is 1. The molecule has 4 heteroatoms. The van der Waals surface area contributed by atoms with E-state index in [-0.39, 0.29) is 12.0 Å². The number of aromatic nitrogens is 1. The number of pyridine rings is 1. The predicted octanol–water partition coefficient (Wildman–Crippen LogP) is 1.16. The van der Waals surface area contributed by atoms with Crippen molar-refractivity contribution < 1.29 is 9.90 Å². The summed E-state index contributed by atoms with van der Waals surface area (Å²) >= 11 is 0. The Morgan fingerprint density at radius 1 is 1.60 bits per heavy atom. The Labute approximate surface area is 88.6 Å². The molecule has 2 heterocycles. The van der Waals surface area contributed by atoms with Gasteiger partial charge in [0.05, 0.1) is 17.7 Å². The van der Waals surface area contributed by atoms with Crippen molar-refractivity contribution >= 4 is 5.97 Å². The summed E-state index contributed by atoms with van der Waals surface area (Å²) in [6.07, 6.45) is 2.40. The maximum Gasteiger partial charge on any atom is 0.307 e. The minimum Gasteiger partial charge on any atom is -0.481 e. The predicted molar refractivity (Wildman–Crippen MR) is 55.4 cm³/mol. The number of nitrogens with zero attached hydrogens (tertiary/aromatic N) is 2. The van der Waals surface area contributed by atoms with Crippen LogP contribution in [0.4, 0.5) is 0 Å². The normalized spacial score (nSPS) is 26.7. The van der Waals surface area contributed by atoms with E-state index in [1.807, 2.05) is 25.2 Å². The maximum absolute atomic E-state index is 10.9. The molecule has 80 valence electrons. The number of carboxylic acid groups (broad SMARTS) is 1. The Morgan fingerprint density at radius 3 is 2.93 bits per heavy atom. The molecule has 0 radical (unpaired) electrons. The molecule has 0 saturated carbocycles. The van der Waals surface area contributed by atoms with Gasteiger partial charge in [-0.25, -0.2) is 0 Å². The van der Waals surface area contributed by atoms with Gasteiger partial charge in [-0.3, -0.25) is 14.7 Å². The highest BCUT2D eigenvalue weighted by molar-refractivity contribution is 5.70. The van der Waals surface area contributed by atoms with Crippen LogP contribution in [-0.2, 0) is 4.79 Å². The van der Waals surface area contributed by atoms with Crippen LogP contribution < -0.4 is 0 Å². The molecular formula is C11H14N2O2. The second kappa shape index (κ2) is 3.98. The standard InChI is InChI=1S/C11H14N2O2/c1-13-7-8(11(14)15)6-10(13)9-4-2-3-5-12-9/h2-5,8,10H,6-7H2,1H3,(H,14,15)/t8-,10-/m0/s1. The Hall–Kier alpha value is -1.42. The van der Waals surface area contributed by atoms with Gasteiger partial charge in [-0.2, -0.15) is 0 Å². The summed E-state index contributed by atoms with van der Waals surface area (Å²) in [5, 5.41) is 8.95. The van der Waals surface area contributed by atoms with Gasteiger partial charge in [-0.15, -0.1) is 0 Å². The van der Waals surface area contributed by atoms with Crippen LogP contribution in [-0.4, -0.2) is 34.6 Å². The van der Waals surface area contributed by atoms with Crippen molar-refractivity contribution in [3.8, 4) is 0 Å². The molecule has 1 saturated heterocycles. The molecule has 1 N–H and O–H groups in total. The minimum absolute atomic E-state index is 0.146. The van der Waals surface area contributed by atoms with Crippen LogP contribution >= 0.6 is 0 Å². The summed E-state index contributed by atoms with van der Waals surface area (Å²) in [6.45, 7) is 0.608. The van der Waals surface area contributed by atoms with Gasteiger partial charge >= 0.3 is 5.97 Å². The summed E-state index contributed by atoms with van der Waals surface area (Å²) in [5.74, 6) is -0.970. The van der Waals surface area contributed by atoms with Crippen molar-refractivity contribution in [2.45, 2.75) is 12.5 Å². The number of hydrogen-bond acceptors (Lipinski definition) is 3. The fraction of sp³-hybridized carbons (Fsp3) is 0.455. The fourth-order valence-corrected chi connectivity index (χ4v) is 2.10. The molecule has 2 atom stereocenters. The second-order valence-electron chi connectivity index (χ2n) is 3.98. The Kier molecular flexibility index (Phi) is 2.68. The molecule has 1 aromatic rings. The zero-order valence-corrected chi connectivity index (χ0v) is 8.63. The van der Waals surface area contributed by atoms with Gasteiger partial charge in [0.25, 0.3) is 0 Å². The molecule has 0 aliphatic carbocycles. The lowest BCUT2D eigenvalue weighted by Crippen LogP contribution is -2.20. The molecule has 0 bridgehead atoms. The third kappa shape index (κ3) is 1.99. The molecule has 0 amide bonds. The van der Waals surface area contributed by atoms with Crippen LogP contribution in [0.1, 0.15) is 18.2 Å². The van der Waals surface area contributed by atoms with Crippen molar-refractivity contribution in [1.29, 1.82) is 0 Å². The average molecular weight is 206 g/mol. The summed E-state index contributed by atoms with van der Waals surface area (Å²) in [7, 11) is 1.95. The number of rotatable bonds is 2. The zero-order chi connectivity index (χ0) is 10.8. The molecular weight excluding hydrogens is 192 g/mol. The number of carboxylic acids is 1. The number of carbonyl (C=O) groups is 1. The Bertz CT molecular complexity index is 353. The first kappa shape index (κ1) is 10.1. The van der Waals surface area contributed by atoms with Crippen molar-refractivity contribution in [3.05, 3.63) is 30.1 Å². The van der Waals surface area contributed by atoms with Crippen LogP contribution in [0.3, 0.4) is 0 Å². The molecule has 0 unspecified atom stereocenters. The number of likely N-dealkylation sites (tertiary alicyclic amines) is 1. The molecule has 1 aliphatic heterocycles. The van der Waals surface area contributed by atoms with E-state index in [2.05, 4.69) is 9.88 Å². The molecule has 2 rings (SSSR count). The Morgan fingerprint density at radius 2 is 2.40 bits per heavy atom. The van der Waals surface area contributed by atoms with Crippen LogP contribution in [0, 0.1) is 5.92 Å². The number of hydrogen-bond donors (Lipinski definition) is 1. The second-order valence-corrected chi connectivity index (χ2v) is 3.98. The SMILES string of the molecule is CN1C[C@@H](C(=O)O)C[C@H]1c1ccccn1. The van der Waals surface area contributed by atoms with Gasteiger partial charge in [0.2, 0.25) is 0 Å². The first-order valence-electron chi connectivity index (χ1n) is 5.02. The monoisotopic (exact) mass is 206 g/mol. The first-order valence-corrected chi connectivity index (χ1v) is 5.02. The molecule has 4 nitrogen and oxygen atoms in total. The van der Waals surface area contributed by atoms with E-state index in [4.69, 9.17) is 5.11 Å². The van der Waals surface area contributed by atoms with Gasteiger partial charge < -0.3 is 5.11 Å². The molecule has 0 aromatic carbocycles. The van der Waals surface area contributed by atoms with E-state index >= 15 is 0 Å². The van der Waals surface area contributed by atoms with Crippen LogP contribution in [0.15, 0.2) is 24.4 Å². The lowest BCUT2D eigenvalue weighted by molar-refractivity contribution is -0.141. The van der Waals surface area contributed by atoms with Gasteiger partial charge in [0.1, 0.15) is 0 Å². The largest absolute Gasteiger partial charge is 0.481 e. The van der Waals surface area contributed by atoms with Gasteiger partial charge in [0.15, 0.2) is 0 Å². The van der Waals surface area contributed by atoms with Gasteiger partial charge in [0, 0.05) is 12.7 Å².